The van der Waals surface area contributed by atoms with E-state index >= 15 is 0 Å². The van der Waals surface area contributed by atoms with Crippen LogP contribution in [-0.4, -0.2) is 26.2 Å². The molecule has 0 amide bonds. The smallest absolute Gasteiger partial charge is 0.163 e. The normalized spacial score (nSPS) is 11.8. The van der Waals surface area contributed by atoms with Gasteiger partial charge in [-0.05, 0) is 74.1 Å². The summed E-state index contributed by atoms with van der Waals surface area (Å²) in [6.07, 6.45) is 10.6. The number of nitrogens with zero attached hydrogens (tertiary/aromatic N) is 5. The summed E-state index contributed by atoms with van der Waals surface area (Å²) >= 11 is 0. The summed E-state index contributed by atoms with van der Waals surface area (Å²) in [7, 11) is 0. The lowest BCUT2D eigenvalue weighted by Crippen LogP contribution is -2.02. The molecule has 0 aliphatic heterocycles. The molecule has 5 heteroatoms. The van der Waals surface area contributed by atoms with Gasteiger partial charge in [0.25, 0.3) is 0 Å². The van der Waals surface area contributed by atoms with E-state index in [2.05, 4.69) is 108 Å². The van der Waals surface area contributed by atoms with Crippen LogP contribution in [-0.2, 0) is 6.42 Å². The van der Waals surface area contributed by atoms with Crippen molar-refractivity contribution in [2.75, 3.05) is 0 Å². The summed E-state index contributed by atoms with van der Waals surface area (Å²) in [6.45, 7) is 2.06. The zero-order chi connectivity index (χ0) is 29.0. The summed E-state index contributed by atoms with van der Waals surface area (Å²) in [5.74, 6) is 1.96. The number of aliphatic imine (C=N–C) groups is 1. The number of rotatable bonds is 7. The van der Waals surface area contributed by atoms with E-state index < -0.39 is 0 Å². The van der Waals surface area contributed by atoms with Crippen molar-refractivity contribution in [2.45, 2.75) is 19.8 Å². The molecule has 0 aliphatic rings. The summed E-state index contributed by atoms with van der Waals surface area (Å²) in [4.78, 5) is 23.0. The first-order valence-corrected chi connectivity index (χ1v) is 14.5. The number of allylic oxidation sites excluding steroid dienone is 1. The Kier molecular flexibility index (Phi) is 7.20. The van der Waals surface area contributed by atoms with Gasteiger partial charge in [-0.15, -0.1) is 0 Å². The maximum atomic E-state index is 4.89. The molecule has 2 heterocycles. The first-order chi connectivity index (χ1) is 21.3. The van der Waals surface area contributed by atoms with Crippen molar-refractivity contribution >= 4 is 38.5 Å². The Bertz CT molecular complexity index is 2110. The maximum absolute atomic E-state index is 4.89. The van der Waals surface area contributed by atoms with Crippen LogP contribution >= 0.6 is 0 Å². The molecule has 0 radical (unpaired) electrons. The van der Waals surface area contributed by atoms with Gasteiger partial charge >= 0.3 is 0 Å². The van der Waals surface area contributed by atoms with E-state index in [1.807, 2.05) is 24.4 Å². The molecule has 0 bridgehead atoms. The van der Waals surface area contributed by atoms with Crippen LogP contribution in [0, 0.1) is 0 Å². The minimum atomic E-state index is 0.556. The molecule has 0 saturated carbocycles. The molecule has 7 rings (SSSR count). The van der Waals surface area contributed by atoms with Gasteiger partial charge in [0.1, 0.15) is 5.82 Å². The fourth-order valence-corrected chi connectivity index (χ4v) is 5.58. The van der Waals surface area contributed by atoms with Crippen LogP contribution in [0.15, 0.2) is 133 Å². The Hall–Kier alpha value is -5.55. The molecule has 2 aromatic heterocycles. The van der Waals surface area contributed by atoms with Gasteiger partial charge < -0.3 is 0 Å². The van der Waals surface area contributed by atoms with Crippen LogP contribution in [0.2, 0.25) is 0 Å². The monoisotopic (exact) mass is 555 g/mol. The van der Waals surface area contributed by atoms with Gasteiger partial charge in [0.2, 0.25) is 0 Å². The number of fused-ring (bicyclic) bond motifs is 6. The second-order valence-electron chi connectivity index (χ2n) is 10.4. The first kappa shape index (κ1) is 26.4. The highest BCUT2D eigenvalue weighted by Crippen LogP contribution is 2.37. The number of aromatic nitrogens is 4. The van der Waals surface area contributed by atoms with E-state index in [-0.39, 0.29) is 0 Å². The first-order valence-electron chi connectivity index (χ1n) is 14.5. The van der Waals surface area contributed by atoms with E-state index in [0.29, 0.717) is 23.9 Å². The fraction of sp³-hybridized carbons (Fsp3) is 0.0789. The molecular weight excluding hydrogens is 526 g/mol. The Morgan fingerprint density at radius 1 is 0.558 bits per heavy atom. The summed E-state index contributed by atoms with van der Waals surface area (Å²) in [5, 5.41) is 7.59. The summed E-state index contributed by atoms with van der Waals surface area (Å²) in [5.41, 5.74) is 4.10. The lowest BCUT2D eigenvalue weighted by molar-refractivity contribution is 0.946. The highest BCUT2D eigenvalue weighted by atomic mass is 15.0. The van der Waals surface area contributed by atoms with Crippen molar-refractivity contribution in [1.82, 2.24) is 19.9 Å². The van der Waals surface area contributed by atoms with Crippen molar-refractivity contribution < 1.29 is 0 Å². The highest BCUT2D eigenvalue weighted by molar-refractivity contribution is 6.25. The molecule has 0 spiro atoms. The predicted molar refractivity (Wildman–Crippen MR) is 178 cm³/mol. The zero-order valence-electron chi connectivity index (χ0n) is 23.9. The zero-order valence-corrected chi connectivity index (χ0v) is 23.9. The summed E-state index contributed by atoms with van der Waals surface area (Å²) in [6, 6.07) is 36.4. The minimum absolute atomic E-state index is 0.556. The van der Waals surface area contributed by atoms with Crippen LogP contribution in [0.5, 0.6) is 0 Å². The van der Waals surface area contributed by atoms with E-state index in [9.17, 15) is 0 Å². The molecule has 0 aliphatic carbocycles. The third-order valence-electron chi connectivity index (χ3n) is 7.60. The molecule has 43 heavy (non-hydrogen) atoms. The highest BCUT2D eigenvalue weighted by Gasteiger charge is 2.13. The SMILES string of the molecule is CC/C=N\C=C/Cc1nc(-c2ccncc2)nc(-c2cccc(-c3ccc4c5ccccc5c5ccccc5c4c3)c2)n1. The number of hydrogen-bond donors (Lipinski definition) is 0. The maximum Gasteiger partial charge on any atom is 0.163 e. The van der Waals surface area contributed by atoms with Gasteiger partial charge in [0, 0.05) is 42.4 Å². The second kappa shape index (κ2) is 11.7. The van der Waals surface area contributed by atoms with Crippen LogP contribution in [0.1, 0.15) is 19.2 Å². The quantitative estimate of drug-likeness (QED) is 0.145. The van der Waals surface area contributed by atoms with E-state index in [1.165, 1.54) is 32.3 Å². The van der Waals surface area contributed by atoms with Crippen LogP contribution in [0.4, 0.5) is 0 Å². The Labute approximate surface area is 250 Å². The van der Waals surface area contributed by atoms with Crippen LogP contribution in [0.3, 0.4) is 0 Å². The van der Waals surface area contributed by atoms with E-state index in [4.69, 9.17) is 15.0 Å². The van der Waals surface area contributed by atoms with Gasteiger partial charge in [-0.3, -0.25) is 9.98 Å². The fourth-order valence-electron chi connectivity index (χ4n) is 5.58. The molecule has 0 saturated heterocycles. The average molecular weight is 556 g/mol. The van der Waals surface area contributed by atoms with Crippen molar-refractivity contribution in [3.8, 4) is 33.9 Å². The predicted octanol–water partition coefficient (Wildman–Crippen LogP) is 9.26. The van der Waals surface area contributed by atoms with Crippen molar-refractivity contribution in [2.24, 2.45) is 4.99 Å². The van der Waals surface area contributed by atoms with Gasteiger partial charge in [0.15, 0.2) is 11.6 Å². The van der Waals surface area contributed by atoms with Crippen LogP contribution in [0.25, 0.3) is 66.2 Å². The van der Waals surface area contributed by atoms with Crippen molar-refractivity contribution in [3.05, 3.63) is 134 Å². The van der Waals surface area contributed by atoms with Gasteiger partial charge in [-0.2, -0.15) is 0 Å². The summed E-state index contributed by atoms with van der Waals surface area (Å²) < 4.78 is 0. The van der Waals surface area contributed by atoms with Gasteiger partial charge in [-0.25, -0.2) is 15.0 Å². The lowest BCUT2D eigenvalue weighted by atomic mass is 9.92. The molecule has 5 nitrogen and oxygen atoms in total. The molecule has 5 aromatic carbocycles. The topological polar surface area (TPSA) is 63.9 Å². The Morgan fingerprint density at radius 3 is 1.86 bits per heavy atom. The Morgan fingerprint density at radius 2 is 1.16 bits per heavy atom. The van der Waals surface area contributed by atoms with Gasteiger partial charge in [-0.1, -0.05) is 91.9 Å². The largest absolute Gasteiger partial charge is 0.269 e. The third kappa shape index (κ3) is 5.29. The van der Waals surface area contributed by atoms with Crippen LogP contribution < -0.4 is 0 Å². The van der Waals surface area contributed by atoms with E-state index in [1.54, 1.807) is 18.6 Å². The number of hydrogen-bond acceptors (Lipinski definition) is 5. The molecule has 0 fully saturated rings. The number of benzene rings is 5. The Balaban J connectivity index is 1.33. The molecule has 0 atom stereocenters. The van der Waals surface area contributed by atoms with Crippen molar-refractivity contribution in [3.63, 3.8) is 0 Å². The minimum Gasteiger partial charge on any atom is -0.269 e. The van der Waals surface area contributed by atoms with Gasteiger partial charge in [0.05, 0.1) is 0 Å². The van der Waals surface area contributed by atoms with E-state index in [0.717, 1.165) is 28.7 Å². The number of pyridine rings is 1. The lowest BCUT2D eigenvalue weighted by Gasteiger charge is -2.12. The average Bonchev–Trinajstić information content (AvgIpc) is 3.08. The molecule has 206 valence electrons. The third-order valence-corrected chi connectivity index (χ3v) is 7.60. The molecule has 7 aromatic rings. The molecular formula is C38H29N5. The molecule has 0 unspecified atom stereocenters. The molecule has 0 N–H and O–H groups in total. The second-order valence-corrected chi connectivity index (χ2v) is 10.4. The standard InChI is InChI=1S/C38H29N5/c1-2-20-39-21-8-15-36-41-37(26-18-22-40-23-19-26)43-38(42-36)29-10-7-9-27(24-29)28-16-17-34-32-13-4-3-11-30(32)31-12-5-6-14-33(31)35(34)25-28/h3-14,16-25H,2,15H2,1H3/b21-8-,39-20-. The van der Waals surface area contributed by atoms with Crippen molar-refractivity contribution in [1.29, 1.82) is 0 Å².